The molecular weight excluding hydrogens is 453 g/mol. The molecule has 0 saturated heterocycles. The zero-order chi connectivity index (χ0) is 19.5. The van der Waals surface area contributed by atoms with E-state index >= 15 is 0 Å². The molecule has 27 heavy (non-hydrogen) atoms. The number of amides is 1. The summed E-state index contributed by atoms with van der Waals surface area (Å²) in [4.78, 5) is 23.1. The second-order valence-corrected chi connectivity index (χ2v) is 6.51. The second kappa shape index (κ2) is 13.8. The lowest BCUT2D eigenvalue weighted by molar-refractivity contribution is -0.131. The highest BCUT2D eigenvalue weighted by atomic mass is 127. The Balaban J connectivity index is 0.00000676. The fourth-order valence-electron chi connectivity index (χ4n) is 2.84. The Hall–Kier alpha value is -1.35. The summed E-state index contributed by atoms with van der Waals surface area (Å²) in [6.45, 7) is 9.22. The second-order valence-electron chi connectivity index (χ2n) is 6.51. The number of aliphatic imine (C=N–C) groups is 1. The van der Waals surface area contributed by atoms with Crippen LogP contribution in [0.5, 0.6) is 0 Å². The van der Waals surface area contributed by atoms with E-state index in [0.29, 0.717) is 13.1 Å². The molecule has 1 rings (SSSR count). The lowest BCUT2D eigenvalue weighted by Crippen LogP contribution is -2.46. The van der Waals surface area contributed by atoms with E-state index in [1.54, 1.807) is 0 Å². The normalized spacial score (nSPS) is 12.3. The number of hydrogen-bond acceptors (Lipinski definition) is 3. The molecule has 1 amide bonds. The van der Waals surface area contributed by atoms with E-state index < -0.39 is 0 Å². The molecule has 0 saturated carbocycles. The Labute approximate surface area is 182 Å². The zero-order valence-electron chi connectivity index (χ0n) is 17.6. The van der Waals surface area contributed by atoms with Crippen molar-refractivity contribution in [1.82, 2.24) is 20.0 Å². The molecule has 1 aromatic carbocycles. The largest absolute Gasteiger partial charge is 0.357 e. The van der Waals surface area contributed by atoms with E-state index in [4.69, 9.17) is 4.99 Å². The molecule has 1 atom stereocenters. The van der Waals surface area contributed by atoms with E-state index in [9.17, 15) is 4.79 Å². The molecule has 0 heterocycles. The van der Waals surface area contributed by atoms with E-state index in [-0.39, 0.29) is 35.9 Å². The summed E-state index contributed by atoms with van der Waals surface area (Å²) in [6.07, 6.45) is 0. The van der Waals surface area contributed by atoms with E-state index in [2.05, 4.69) is 48.6 Å². The number of rotatable bonds is 9. The van der Waals surface area contributed by atoms with Crippen molar-refractivity contribution in [2.24, 2.45) is 4.99 Å². The van der Waals surface area contributed by atoms with E-state index in [1.165, 1.54) is 5.56 Å². The van der Waals surface area contributed by atoms with Crippen LogP contribution in [0.3, 0.4) is 0 Å². The minimum Gasteiger partial charge on any atom is -0.357 e. The minimum absolute atomic E-state index is 0. The van der Waals surface area contributed by atoms with Gasteiger partial charge in [0, 0.05) is 26.7 Å². The van der Waals surface area contributed by atoms with Gasteiger partial charge in [0.1, 0.15) is 0 Å². The third kappa shape index (κ3) is 8.47. The lowest BCUT2D eigenvalue weighted by atomic mass is 10.1. The van der Waals surface area contributed by atoms with Crippen LogP contribution in [0.25, 0.3) is 0 Å². The van der Waals surface area contributed by atoms with Gasteiger partial charge in [-0.2, -0.15) is 0 Å². The summed E-state index contributed by atoms with van der Waals surface area (Å²) < 4.78 is 0. The quantitative estimate of drug-likeness (QED) is 0.329. The summed E-state index contributed by atoms with van der Waals surface area (Å²) in [5, 5.41) is 3.30. The molecule has 0 spiro atoms. The number of halogens is 1. The van der Waals surface area contributed by atoms with Gasteiger partial charge in [-0.15, -0.1) is 24.0 Å². The number of carbonyl (C=O) groups excluding carboxylic acids is 1. The number of benzene rings is 1. The number of carbonyl (C=O) groups is 1. The topological polar surface area (TPSA) is 51.2 Å². The molecule has 0 aromatic heterocycles. The molecule has 0 aliphatic heterocycles. The van der Waals surface area contributed by atoms with Gasteiger partial charge in [-0.25, -0.2) is 0 Å². The molecule has 154 valence electrons. The first-order valence-electron chi connectivity index (χ1n) is 9.43. The van der Waals surface area contributed by atoms with Crippen LogP contribution in [0.4, 0.5) is 0 Å². The van der Waals surface area contributed by atoms with Gasteiger partial charge in [-0.3, -0.25) is 9.79 Å². The van der Waals surface area contributed by atoms with Crippen molar-refractivity contribution in [3.05, 3.63) is 35.9 Å². The number of likely N-dealkylation sites (N-methyl/N-ethyl adjacent to an activating group) is 3. The predicted molar refractivity (Wildman–Crippen MR) is 125 cm³/mol. The van der Waals surface area contributed by atoms with E-state index in [0.717, 1.165) is 25.6 Å². The highest BCUT2D eigenvalue weighted by Gasteiger charge is 2.17. The third-order valence-corrected chi connectivity index (χ3v) is 4.41. The van der Waals surface area contributed by atoms with E-state index in [1.807, 2.05) is 43.7 Å². The molecule has 1 aromatic rings. The van der Waals surface area contributed by atoms with Gasteiger partial charge < -0.3 is 20.0 Å². The summed E-state index contributed by atoms with van der Waals surface area (Å²) in [5.74, 6) is 0.881. The molecule has 1 unspecified atom stereocenters. The van der Waals surface area contributed by atoms with Crippen molar-refractivity contribution >= 4 is 35.8 Å². The molecular formula is C20H36IN5O. The van der Waals surface area contributed by atoms with Crippen molar-refractivity contribution in [1.29, 1.82) is 0 Å². The van der Waals surface area contributed by atoms with Gasteiger partial charge in [0.2, 0.25) is 5.91 Å². The fraction of sp³-hybridized carbons (Fsp3) is 0.600. The maximum Gasteiger partial charge on any atom is 0.242 e. The molecule has 0 aliphatic rings. The first-order chi connectivity index (χ1) is 12.4. The van der Waals surface area contributed by atoms with Crippen molar-refractivity contribution < 1.29 is 4.79 Å². The molecule has 0 fully saturated rings. The van der Waals surface area contributed by atoms with Gasteiger partial charge >= 0.3 is 0 Å². The summed E-state index contributed by atoms with van der Waals surface area (Å²) in [5.41, 5.74) is 1.24. The Morgan fingerprint density at radius 3 is 2.15 bits per heavy atom. The SMILES string of the molecule is CCNC(=NCC(c1ccccc1)N(C)C)N(C)CC(=O)N(CC)CC.I. The highest BCUT2D eigenvalue weighted by Crippen LogP contribution is 2.18. The lowest BCUT2D eigenvalue weighted by Gasteiger charge is -2.27. The van der Waals surface area contributed by atoms with Crippen LogP contribution in [0.15, 0.2) is 35.3 Å². The maximum absolute atomic E-state index is 12.4. The molecule has 1 N–H and O–H groups in total. The van der Waals surface area contributed by atoms with Gasteiger partial charge in [-0.05, 0) is 40.4 Å². The average Bonchev–Trinajstić information content (AvgIpc) is 2.62. The Morgan fingerprint density at radius 2 is 1.67 bits per heavy atom. The average molecular weight is 489 g/mol. The predicted octanol–water partition coefficient (Wildman–Crippen LogP) is 2.67. The number of hydrogen-bond donors (Lipinski definition) is 1. The standard InChI is InChI=1S/C20H35N5O.HI/c1-7-21-20(24(6)16-19(26)25(8-2)9-3)22-15-18(23(4)5)17-13-11-10-12-14-17;/h10-14,18H,7-9,15-16H2,1-6H3,(H,21,22);1H. The molecule has 0 radical (unpaired) electrons. The molecule has 6 nitrogen and oxygen atoms in total. The Bertz CT molecular complexity index is 561. The summed E-state index contributed by atoms with van der Waals surface area (Å²) in [7, 11) is 6.04. The van der Waals surface area contributed by atoms with Crippen LogP contribution in [0.2, 0.25) is 0 Å². The van der Waals surface area contributed by atoms with Crippen LogP contribution in [0, 0.1) is 0 Å². The van der Waals surface area contributed by atoms with Crippen LogP contribution >= 0.6 is 24.0 Å². The molecule has 7 heteroatoms. The van der Waals surface area contributed by atoms with Crippen LogP contribution in [0.1, 0.15) is 32.4 Å². The van der Waals surface area contributed by atoms with Crippen LogP contribution < -0.4 is 5.32 Å². The van der Waals surface area contributed by atoms with Crippen molar-refractivity contribution in [2.75, 3.05) is 53.9 Å². The molecule has 0 aliphatic carbocycles. The van der Waals surface area contributed by atoms with Gasteiger partial charge in [0.25, 0.3) is 0 Å². The summed E-state index contributed by atoms with van der Waals surface area (Å²) >= 11 is 0. The van der Waals surface area contributed by atoms with Crippen molar-refractivity contribution in [2.45, 2.75) is 26.8 Å². The first kappa shape index (κ1) is 25.6. The highest BCUT2D eigenvalue weighted by molar-refractivity contribution is 14.0. The van der Waals surface area contributed by atoms with Gasteiger partial charge in [-0.1, -0.05) is 30.3 Å². The molecule has 0 bridgehead atoms. The smallest absolute Gasteiger partial charge is 0.242 e. The maximum atomic E-state index is 12.4. The minimum atomic E-state index is 0. The van der Waals surface area contributed by atoms with Crippen LogP contribution in [-0.2, 0) is 4.79 Å². The summed E-state index contributed by atoms with van der Waals surface area (Å²) in [6, 6.07) is 10.6. The Kier molecular flexibility index (Phi) is 13.1. The van der Waals surface area contributed by atoms with Crippen LogP contribution in [-0.4, -0.2) is 80.4 Å². The van der Waals surface area contributed by atoms with Crippen molar-refractivity contribution in [3.8, 4) is 0 Å². The zero-order valence-corrected chi connectivity index (χ0v) is 19.9. The number of guanidine groups is 1. The number of nitrogens with zero attached hydrogens (tertiary/aromatic N) is 4. The van der Waals surface area contributed by atoms with Gasteiger partial charge in [0.05, 0.1) is 19.1 Å². The van der Waals surface area contributed by atoms with Gasteiger partial charge in [0.15, 0.2) is 5.96 Å². The number of nitrogens with one attached hydrogen (secondary N) is 1. The van der Waals surface area contributed by atoms with Crippen molar-refractivity contribution in [3.63, 3.8) is 0 Å². The Morgan fingerprint density at radius 1 is 1.07 bits per heavy atom. The fourth-order valence-corrected chi connectivity index (χ4v) is 2.84. The third-order valence-electron chi connectivity index (χ3n) is 4.41. The monoisotopic (exact) mass is 489 g/mol. The first-order valence-corrected chi connectivity index (χ1v) is 9.43.